The molecule has 1 aliphatic carbocycles. The zero-order chi connectivity index (χ0) is 14.5. The average Bonchev–Trinajstić information content (AvgIpc) is 2.48. The Morgan fingerprint density at radius 3 is 2.60 bits per heavy atom. The van der Waals surface area contributed by atoms with Crippen molar-refractivity contribution >= 4 is 11.7 Å². The molecule has 0 heterocycles. The minimum Gasteiger partial charge on any atom is -0.348 e. The van der Waals surface area contributed by atoms with Gasteiger partial charge in [0.1, 0.15) is 5.82 Å². The zero-order valence-electron chi connectivity index (χ0n) is 11.7. The molecule has 2 rings (SSSR count). The third-order valence-electron chi connectivity index (χ3n) is 3.88. The van der Waals surface area contributed by atoms with E-state index in [9.17, 15) is 14.0 Å². The number of carbonyl (C=O) groups excluding carboxylic acids is 2. The monoisotopic (exact) mass is 277 g/mol. The van der Waals surface area contributed by atoms with Gasteiger partial charge in [0.25, 0.3) is 0 Å². The summed E-state index contributed by atoms with van der Waals surface area (Å²) in [4.78, 5) is 23.9. The maximum atomic E-state index is 13.1. The molecule has 1 N–H and O–H groups in total. The van der Waals surface area contributed by atoms with E-state index in [-0.39, 0.29) is 30.0 Å². The molecule has 0 spiro atoms. The number of ketones is 1. The maximum Gasteiger partial charge on any atom is 0.223 e. The summed E-state index contributed by atoms with van der Waals surface area (Å²) in [5.74, 6) is -0.492. The second-order valence-electron chi connectivity index (χ2n) is 5.44. The van der Waals surface area contributed by atoms with E-state index in [0.29, 0.717) is 11.1 Å². The number of Topliss-reactive ketones (excluding diaryl/α,β-unsaturated/α-hetero) is 1. The van der Waals surface area contributed by atoms with Crippen LogP contribution in [-0.4, -0.2) is 18.2 Å². The third-order valence-corrected chi connectivity index (χ3v) is 3.88. The van der Waals surface area contributed by atoms with Crippen LogP contribution in [0.5, 0.6) is 0 Å². The van der Waals surface area contributed by atoms with Crippen LogP contribution in [0.4, 0.5) is 4.39 Å². The van der Waals surface area contributed by atoms with Gasteiger partial charge in [0.2, 0.25) is 5.91 Å². The Kier molecular flexibility index (Phi) is 4.88. The summed E-state index contributed by atoms with van der Waals surface area (Å²) in [7, 11) is 0. The van der Waals surface area contributed by atoms with Gasteiger partial charge in [0, 0.05) is 11.5 Å². The van der Waals surface area contributed by atoms with Gasteiger partial charge in [-0.15, -0.1) is 0 Å². The Hall–Kier alpha value is -1.71. The highest BCUT2D eigenvalue weighted by Crippen LogP contribution is 2.23. The van der Waals surface area contributed by atoms with Gasteiger partial charge < -0.3 is 5.32 Å². The number of carbonyl (C=O) groups is 2. The van der Waals surface area contributed by atoms with E-state index in [1.165, 1.54) is 24.6 Å². The molecule has 20 heavy (non-hydrogen) atoms. The maximum absolute atomic E-state index is 13.1. The topological polar surface area (TPSA) is 46.2 Å². The van der Waals surface area contributed by atoms with Gasteiger partial charge in [-0.3, -0.25) is 9.59 Å². The van der Waals surface area contributed by atoms with Crippen molar-refractivity contribution in [1.29, 1.82) is 0 Å². The van der Waals surface area contributed by atoms with Crippen molar-refractivity contribution in [3.8, 4) is 0 Å². The number of aryl methyl sites for hydroxylation is 1. The first-order valence-corrected chi connectivity index (χ1v) is 7.15. The molecule has 0 radical (unpaired) electrons. The molecule has 4 heteroatoms. The molecule has 3 nitrogen and oxygen atoms in total. The van der Waals surface area contributed by atoms with Crippen LogP contribution in [0.2, 0.25) is 0 Å². The van der Waals surface area contributed by atoms with Crippen molar-refractivity contribution < 1.29 is 14.0 Å². The molecule has 1 saturated carbocycles. The Morgan fingerprint density at radius 1 is 1.25 bits per heavy atom. The standard InChI is InChI=1S/C16H20FNO2/c1-11-9-13(7-8-14(11)17)15(19)10-18-16(20)12-5-3-2-4-6-12/h7-9,12H,2-6,10H2,1H3,(H,18,20). The van der Waals surface area contributed by atoms with Crippen LogP contribution in [0.1, 0.15) is 48.0 Å². The first-order valence-electron chi connectivity index (χ1n) is 7.15. The van der Waals surface area contributed by atoms with Gasteiger partial charge >= 0.3 is 0 Å². The quantitative estimate of drug-likeness (QED) is 0.860. The summed E-state index contributed by atoms with van der Waals surface area (Å²) >= 11 is 0. The van der Waals surface area contributed by atoms with Crippen LogP contribution in [0.25, 0.3) is 0 Å². The molecule has 1 aromatic carbocycles. The molecule has 1 fully saturated rings. The fraction of sp³-hybridized carbons (Fsp3) is 0.500. The fourth-order valence-corrected chi connectivity index (χ4v) is 2.60. The van der Waals surface area contributed by atoms with Crippen molar-refractivity contribution in [2.45, 2.75) is 39.0 Å². The normalized spacial score (nSPS) is 15.9. The van der Waals surface area contributed by atoms with Gasteiger partial charge in [0.15, 0.2) is 5.78 Å². The summed E-state index contributed by atoms with van der Waals surface area (Å²) in [5, 5.41) is 2.70. The molecular formula is C16H20FNO2. The molecule has 108 valence electrons. The van der Waals surface area contributed by atoms with Crippen LogP contribution >= 0.6 is 0 Å². The van der Waals surface area contributed by atoms with Crippen molar-refractivity contribution in [3.05, 3.63) is 35.1 Å². The summed E-state index contributed by atoms with van der Waals surface area (Å²) in [5.41, 5.74) is 0.877. The highest BCUT2D eigenvalue weighted by Gasteiger charge is 2.21. The van der Waals surface area contributed by atoms with Gasteiger partial charge in [-0.05, 0) is 43.5 Å². The Bertz CT molecular complexity index is 507. The molecule has 1 amide bonds. The van der Waals surface area contributed by atoms with Crippen molar-refractivity contribution in [1.82, 2.24) is 5.32 Å². The summed E-state index contributed by atoms with van der Waals surface area (Å²) in [6, 6.07) is 4.26. The van der Waals surface area contributed by atoms with Crippen LogP contribution in [0.3, 0.4) is 0 Å². The number of halogens is 1. The largest absolute Gasteiger partial charge is 0.348 e. The lowest BCUT2D eigenvalue weighted by molar-refractivity contribution is -0.125. The van der Waals surface area contributed by atoms with E-state index in [0.717, 1.165) is 25.7 Å². The van der Waals surface area contributed by atoms with Crippen LogP contribution in [0.15, 0.2) is 18.2 Å². The first-order chi connectivity index (χ1) is 9.58. The Labute approximate surface area is 118 Å². The van der Waals surface area contributed by atoms with Gasteiger partial charge in [-0.1, -0.05) is 19.3 Å². The number of nitrogens with one attached hydrogen (secondary N) is 1. The smallest absolute Gasteiger partial charge is 0.223 e. The molecular weight excluding hydrogens is 257 g/mol. The highest BCUT2D eigenvalue weighted by atomic mass is 19.1. The van der Waals surface area contributed by atoms with Crippen LogP contribution in [0, 0.1) is 18.7 Å². The van der Waals surface area contributed by atoms with E-state index in [1.54, 1.807) is 6.92 Å². The second-order valence-corrected chi connectivity index (χ2v) is 5.44. The predicted molar refractivity (Wildman–Crippen MR) is 75.1 cm³/mol. The first kappa shape index (κ1) is 14.7. The number of hydrogen-bond acceptors (Lipinski definition) is 2. The molecule has 0 saturated heterocycles. The van der Waals surface area contributed by atoms with E-state index in [1.807, 2.05) is 0 Å². The number of hydrogen-bond donors (Lipinski definition) is 1. The fourth-order valence-electron chi connectivity index (χ4n) is 2.60. The van der Waals surface area contributed by atoms with Gasteiger partial charge in [0.05, 0.1) is 6.54 Å². The summed E-state index contributed by atoms with van der Waals surface area (Å²) < 4.78 is 13.1. The van der Waals surface area contributed by atoms with E-state index in [4.69, 9.17) is 0 Å². The Balaban J connectivity index is 1.88. The molecule has 0 atom stereocenters. The number of benzene rings is 1. The van der Waals surface area contributed by atoms with Crippen molar-refractivity contribution in [2.24, 2.45) is 5.92 Å². The minimum atomic E-state index is -0.326. The number of amides is 1. The zero-order valence-corrected chi connectivity index (χ0v) is 11.7. The van der Waals surface area contributed by atoms with Crippen LogP contribution < -0.4 is 5.32 Å². The van der Waals surface area contributed by atoms with E-state index in [2.05, 4.69) is 5.32 Å². The summed E-state index contributed by atoms with van der Waals surface area (Å²) in [6.07, 6.45) is 5.19. The van der Waals surface area contributed by atoms with E-state index < -0.39 is 0 Å². The third kappa shape index (κ3) is 3.65. The predicted octanol–water partition coefficient (Wildman–Crippen LogP) is 3.01. The lowest BCUT2D eigenvalue weighted by atomic mass is 9.88. The summed E-state index contributed by atoms with van der Waals surface area (Å²) in [6.45, 7) is 1.60. The Morgan fingerprint density at radius 2 is 1.95 bits per heavy atom. The highest BCUT2D eigenvalue weighted by molar-refractivity contribution is 5.99. The van der Waals surface area contributed by atoms with Crippen molar-refractivity contribution in [2.75, 3.05) is 6.54 Å². The molecule has 0 aromatic heterocycles. The van der Waals surface area contributed by atoms with Gasteiger partial charge in [-0.2, -0.15) is 0 Å². The SMILES string of the molecule is Cc1cc(C(=O)CNC(=O)C2CCCCC2)ccc1F. The van der Waals surface area contributed by atoms with Crippen LogP contribution in [-0.2, 0) is 4.79 Å². The molecule has 1 aliphatic rings. The van der Waals surface area contributed by atoms with Crippen molar-refractivity contribution in [3.63, 3.8) is 0 Å². The molecule has 1 aromatic rings. The number of rotatable bonds is 4. The second kappa shape index (κ2) is 6.64. The lowest BCUT2D eigenvalue weighted by Crippen LogP contribution is -2.35. The minimum absolute atomic E-state index is 0.0135. The molecule has 0 bridgehead atoms. The lowest BCUT2D eigenvalue weighted by Gasteiger charge is -2.20. The van der Waals surface area contributed by atoms with E-state index >= 15 is 0 Å². The average molecular weight is 277 g/mol. The molecule has 0 unspecified atom stereocenters. The van der Waals surface area contributed by atoms with Gasteiger partial charge in [-0.25, -0.2) is 4.39 Å². The molecule has 0 aliphatic heterocycles.